The Morgan fingerprint density at radius 2 is 1.94 bits per heavy atom. The van der Waals surface area contributed by atoms with Crippen LogP contribution in [0.4, 0.5) is 5.69 Å². The van der Waals surface area contributed by atoms with Gasteiger partial charge in [0, 0.05) is 26.5 Å². The van der Waals surface area contributed by atoms with E-state index in [4.69, 9.17) is 26.2 Å². The second-order valence-corrected chi connectivity index (χ2v) is 9.95. The van der Waals surface area contributed by atoms with Gasteiger partial charge in [0.15, 0.2) is 12.3 Å². The first-order chi connectivity index (χ1) is 17.5. The Morgan fingerprint density at radius 1 is 1.14 bits per heavy atom. The fraction of sp³-hybridized carbons (Fsp3) is 0.120. The molecular weight excluding hydrogens is 568 g/mol. The topological polar surface area (TPSA) is 106 Å². The van der Waals surface area contributed by atoms with Crippen LogP contribution in [0.3, 0.4) is 0 Å². The third-order valence-corrected chi connectivity index (χ3v) is 7.00. The van der Waals surface area contributed by atoms with Crippen molar-refractivity contribution in [1.29, 1.82) is 0 Å². The first-order valence-corrected chi connectivity index (χ1v) is 12.9. The lowest BCUT2D eigenvalue weighted by atomic mass is 10.1. The van der Waals surface area contributed by atoms with E-state index in [2.05, 4.69) is 36.4 Å². The second kappa shape index (κ2) is 10.7. The summed E-state index contributed by atoms with van der Waals surface area (Å²) in [5.41, 5.74) is 3.59. The Bertz CT molecular complexity index is 1440. The SMILES string of the molecule is O=C(O)COc1ccc(Br)cc1[C@@H]1Nc2ccccc2-c2nnc(SCc3ccccc3Cl)nc2O1. The van der Waals surface area contributed by atoms with E-state index in [0.717, 1.165) is 21.3 Å². The number of carboxylic acids is 1. The number of aromatic nitrogens is 3. The molecule has 182 valence electrons. The van der Waals surface area contributed by atoms with Gasteiger partial charge in [0.2, 0.25) is 17.3 Å². The number of hydrogen-bond donors (Lipinski definition) is 2. The zero-order chi connectivity index (χ0) is 25.1. The van der Waals surface area contributed by atoms with Gasteiger partial charge in [-0.05, 0) is 35.9 Å². The third kappa shape index (κ3) is 5.40. The van der Waals surface area contributed by atoms with Crippen LogP contribution in [0, 0.1) is 0 Å². The van der Waals surface area contributed by atoms with Crippen LogP contribution in [0.15, 0.2) is 76.4 Å². The Labute approximate surface area is 224 Å². The lowest BCUT2D eigenvalue weighted by Gasteiger charge is -2.22. The number of carboxylic acid groups (broad SMARTS) is 1. The standard InChI is InChI=1S/C25H18BrClN4O4S/c26-15-9-10-20(34-12-21(32)33)17(11-15)23-28-19-8-4-2-6-16(19)22-24(35-23)29-25(31-30-22)36-13-14-5-1-3-7-18(14)27/h1-11,23,28H,12-13H2,(H,32,33)/t23-/m1/s1. The van der Waals surface area contributed by atoms with Crippen LogP contribution < -0.4 is 14.8 Å². The lowest BCUT2D eigenvalue weighted by Crippen LogP contribution is -2.19. The van der Waals surface area contributed by atoms with Crippen LogP contribution >= 0.6 is 39.3 Å². The smallest absolute Gasteiger partial charge is 0.341 e. The molecule has 2 heterocycles. The van der Waals surface area contributed by atoms with E-state index in [1.807, 2.05) is 54.6 Å². The van der Waals surface area contributed by atoms with Crippen molar-refractivity contribution >= 4 is 50.9 Å². The Kier molecular flexibility index (Phi) is 7.26. The van der Waals surface area contributed by atoms with Crippen molar-refractivity contribution in [1.82, 2.24) is 15.2 Å². The van der Waals surface area contributed by atoms with Crippen LogP contribution in [0.5, 0.6) is 11.6 Å². The first-order valence-electron chi connectivity index (χ1n) is 10.8. The van der Waals surface area contributed by atoms with Crippen LogP contribution in [0.1, 0.15) is 17.4 Å². The molecule has 1 aromatic heterocycles. The zero-order valence-corrected chi connectivity index (χ0v) is 21.7. The van der Waals surface area contributed by atoms with Crippen LogP contribution in [0.25, 0.3) is 11.3 Å². The van der Waals surface area contributed by atoms with Crippen molar-refractivity contribution in [3.05, 3.63) is 87.4 Å². The number of para-hydroxylation sites is 1. The average molecular weight is 586 g/mol. The van der Waals surface area contributed by atoms with Gasteiger partial charge in [0.05, 0.1) is 5.56 Å². The lowest BCUT2D eigenvalue weighted by molar-refractivity contribution is -0.139. The molecule has 4 aromatic rings. The number of benzene rings is 3. The van der Waals surface area contributed by atoms with Gasteiger partial charge in [-0.1, -0.05) is 75.7 Å². The summed E-state index contributed by atoms with van der Waals surface area (Å²) in [6, 6.07) is 20.5. The Morgan fingerprint density at radius 3 is 2.78 bits per heavy atom. The number of fused-ring (bicyclic) bond motifs is 3. The molecule has 0 saturated carbocycles. The third-order valence-electron chi connectivity index (χ3n) is 5.25. The van der Waals surface area contributed by atoms with E-state index in [0.29, 0.717) is 38.8 Å². The molecule has 1 aliphatic rings. The van der Waals surface area contributed by atoms with Crippen molar-refractivity contribution in [3.8, 4) is 22.9 Å². The van der Waals surface area contributed by atoms with Gasteiger partial charge in [0.25, 0.3) is 0 Å². The number of rotatable bonds is 7. The molecule has 2 N–H and O–H groups in total. The number of carbonyl (C=O) groups is 1. The van der Waals surface area contributed by atoms with Crippen LogP contribution in [-0.2, 0) is 10.5 Å². The van der Waals surface area contributed by atoms with Crippen LogP contribution in [0.2, 0.25) is 5.02 Å². The molecule has 8 nitrogen and oxygen atoms in total. The van der Waals surface area contributed by atoms with E-state index in [1.54, 1.807) is 12.1 Å². The van der Waals surface area contributed by atoms with Gasteiger partial charge in [-0.3, -0.25) is 0 Å². The number of ether oxygens (including phenoxy) is 2. The molecule has 0 saturated heterocycles. The molecule has 0 spiro atoms. The number of anilines is 1. The molecule has 0 fully saturated rings. The number of halogens is 2. The summed E-state index contributed by atoms with van der Waals surface area (Å²) in [5, 5.41) is 22.3. The normalized spacial score (nSPS) is 14.0. The molecule has 3 aromatic carbocycles. The molecule has 0 aliphatic carbocycles. The summed E-state index contributed by atoms with van der Waals surface area (Å²) in [6.45, 7) is -0.485. The molecule has 36 heavy (non-hydrogen) atoms. The predicted octanol–water partition coefficient (Wildman–Crippen LogP) is 6.21. The van der Waals surface area contributed by atoms with Crippen molar-refractivity contribution in [3.63, 3.8) is 0 Å². The monoisotopic (exact) mass is 584 g/mol. The number of nitrogens with one attached hydrogen (secondary N) is 1. The predicted molar refractivity (Wildman–Crippen MR) is 141 cm³/mol. The summed E-state index contributed by atoms with van der Waals surface area (Å²) >= 11 is 11.2. The second-order valence-electron chi connectivity index (χ2n) is 7.68. The summed E-state index contributed by atoms with van der Waals surface area (Å²) in [6.07, 6.45) is -0.744. The van der Waals surface area contributed by atoms with Crippen molar-refractivity contribution < 1.29 is 19.4 Å². The molecule has 1 aliphatic heterocycles. The highest BCUT2D eigenvalue weighted by Crippen LogP contribution is 2.41. The number of thioether (sulfide) groups is 1. The van der Waals surface area contributed by atoms with E-state index < -0.39 is 18.8 Å². The molecule has 11 heteroatoms. The maximum atomic E-state index is 11.1. The fourth-order valence-corrected chi connectivity index (χ4v) is 5.04. The van der Waals surface area contributed by atoms with Crippen molar-refractivity contribution in [2.24, 2.45) is 0 Å². The molecule has 5 rings (SSSR count). The van der Waals surface area contributed by atoms with Gasteiger partial charge in [-0.25, -0.2) is 4.79 Å². The minimum Gasteiger partial charge on any atom is -0.481 e. The Hall–Kier alpha value is -3.34. The van der Waals surface area contributed by atoms with Crippen molar-refractivity contribution in [2.45, 2.75) is 17.1 Å². The summed E-state index contributed by atoms with van der Waals surface area (Å²) in [5.74, 6) is 0.149. The van der Waals surface area contributed by atoms with Gasteiger partial charge >= 0.3 is 5.97 Å². The number of hydrogen-bond acceptors (Lipinski definition) is 8. The summed E-state index contributed by atoms with van der Waals surface area (Å²) in [4.78, 5) is 15.8. The number of nitrogens with zero attached hydrogens (tertiary/aromatic N) is 3. The maximum absolute atomic E-state index is 11.1. The zero-order valence-electron chi connectivity index (χ0n) is 18.5. The summed E-state index contributed by atoms with van der Waals surface area (Å²) < 4.78 is 12.7. The molecule has 0 unspecified atom stereocenters. The average Bonchev–Trinajstić information content (AvgIpc) is 3.04. The van der Waals surface area contributed by atoms with E-state index in [9.17, 15) is 4.79 Å². The van der Waals surface area contributed by atoms with E-state index in [1.165, 1.54) is 11.8 Å². The molecule has 0 amide bonds. The van der Waals surface area contributed by atoms with E-state index >= 15 is 0 Å². The first kappa shape index (κ1) is 24.4. The van der Waals surface area contributed by atoms with Crippen LogP contribution in [-0.4, -0.2) is 32.9 Å². The van der Waals surface area contributed by atoms with Gasteiger partial charge in [-0.15, -0.1) is 10.2 Å². The minimum atomic E-state index is -1.08. The van der Waals surface area contributed by atoms with E-state index in [-0.39, 0.29) is 0 Å². The number of aliphatic carboxylic acids is 1. The maximum Gasteiger partial charge on any atom is 0.341 e. The highest BCUT2D eigenvalue weighted by atomic mass is 79.9. The summed E-state index contributed by atoms with van der Waals surface area (Å²) in [7, 11) is 0. The highest BCUT2D eigenvalue weighted by molar-refractivity contribution is 9.10. The van der Waals surface area contributed by atoms with Gasteiger partial charge in [-0.2, -0.15) is 4.98 Å². The van der Waals surface area contributed by atoms with Gasteiger partial charge < -0.3 is 19.9 Å². The fourth-order valence-electron chi connectivity index (χ4n) is 3.60. The molecule has 0 bridgehead atoms. The quantitative estimate of drug-likeness (QED) is 0.245. The molecule has 0 radical (unpaired) electrons. The largest absolute Gasteiger partial charge is 0.481 e. The molecular formula is C25H18BrClN4O4S. The van der Waals surface area contributed by atoms with Crippen molar-refractivity contribution in [2.75, 3.05) is 11.9 Å². The van der Waals surface area contributed by atoms with Gasteiger partial charge in [0.1, 0.15) is 5.75 Å². The minimum absolute atomic E-state index is 0.290. The molecule has 1 atom stereocenters. The highest BCUT2D eigenvalue weighted by Gasteiger charge is 2.28. The Balaban J connectivity index is 1.51.